The van der Waals surface area contributed by atoms with Crippen molar-refractivity contribution in [1.82, 2.24) is 5.32 Å². The lowest BCUT2D eigenvalue weighted by atomic mass is 9.82. The van der Waals surface area contributed by atoms with Crippen molar-refractivity contribution < 1.29 is 19.5 Å². The first-order valence-corrected chi connectivity index (χ1v) is 8.62. The van der Waals surface area contributed by atoms with Crippen molar-refractivity contribution in [3.05, 3.63) is 40.9 Å². The van der Waals surface area contributed by atoms with Crippen LogP contribution in [-0.4, -0.2) is 28.9 Å². The molecule has 25 heavy (non-hydrogen) atoms. The number of benzene rings is 1. The molecular weight excluding hydrogens is 344 g/mol. The number of hydrogen-bond acceptors (Lipinski definition) is 3. The predicted molar refractivity (Wildman–Crippen MR) is 93.6 cm³/mol. The highest BCUT2D eigenvalue weighted by Crippen LogP contribution is 2.28. The van der Waals surface area contributed by atoms with E-state index in [2.05, 4.69) is 10.6 Å². The average molecular weight is 363 g/mol. The predicted octanol–water partition coefficient (Wildman–Crippen LogP) is 2.84. The van der Waals surface area contributed by atoms with Crippen LogP contribution in [0.4, 0.5) is 5.69 Å². The van der Waals surface area contributed by atoms with Crippen LogP contribution in [0.5, 0.6) is 0 Å². The molecule has 2 aliphatic rings. The third-order valence-corrected chi connectivity index (χ3v) is 4.79. The Hall–Kier alpha value is -2.34. The van der Waals surface area contributed by atoms with Crippen LogP contribution in [0.15, 0.2) is 30.4 Å². The Morgan fingerprint density at radius 3 is 2.36 bits per heavy atom. The Labute approximate surface area is 150 Å². The van der Waals surface area contributed by atoms with E-state index in [4.69, 9.17) is 11.6 Å². The first-order chi connectivity index (χ1) is 12.0. The SMILES string of the molecule is O=C(NC1CC1)c1ccc(NC(=O)C2CC=CCC2C(=O)O)cc1Cl. The molecule has 2 aliphatic carbocycles. The lowest BCUT2D eigenvalue weighted by Gasteiger charge is -2.24. The third-order valence-electron chi connectivity index (χ3n) is 4.48. The van der Waals surface area contributed by atoms with Crippen LogP contribution in [0.3, 0.4) is 0 Å². The molecule has 1 saturated carbocycles. The number of amides is 2. The van der Waals surface area contributed by atoms with Gasteiger partial charge in [0.2, 0.25) is 5.91 Å². The summed E-state index contributed by atoms with van der Waals surface area (Å²) in [4.78, 5) is 35.8. The van der Waals surface area contributed by atoms with Crippen LogP contribution < -0.4 is 10.6 Å². The summed E-state index contributed by atoms with van der Waals surface area (Å²) in [6.07, 6.45) is 6.30. The number of hydrogen-bond donors (Lipinski definition) is 3. The summed E-state index contributed by atoms with van der Waals surface area (Å²) >= 11 is 6.16. The summed E-state index contributed by atoms with van der Waals surface area (Å²) in [5.41, 5.74) is 0.798. The first kappa shape index (κ1) is 17.5. The van der Waals surface area contributed by atoms with Gasteiger partial charge in [0, 0.05) is 11.7 Å². The molecule has 0 aliphatic heterocycles. The number of aliphatic carboxylic acids is 1. The van der Waals surface area contributed by atoms with Gasteiger partial charge in [-0.15, -0.1) is 0 Å². The van der Waals surface area contributed by atoms with Crippen molar-refractivity contribution in [2.75, 3.05) is 5.32 Å². The summed E-state index contributed by atoms with van der Waals surface area (Å²) in [6, 6.07) is 4.90. The van der Waals surface area contributed by atoms with Crippen LogP contribution in [0, 0.1) is 11.8 Å². The van der Waals surface area contributed by atoms with Crippen molar-refractivity contribution in [2.24, 2.45) is 11.8 Å². The second-order valence-corrected chi connectivity index (χ2v) is 6.83. The molecule has 2 amide bonds. The number of allylic oxidation sites excluding steroid dienone is 2. The quantitative estimate of drug-likeness (QED) is 0.702. The van der Waals surface area contributed by atoms with Gasteiger partial charge < -0.3 is 15.7 Å². The van der Waals surface area contributed by atoms with Crippen molar-refractivity contribution in [2.45, 2.75) is 31.7 Å². The van der Waals surface area contributed by atoms with Crippen LogP contribution in [0.2, 0.25) is 5.02 Å². The van der Waals surface area contributed by atoms with Gasteiger partial charge in [-0.2, -0.15) is 0 Å². The van der Waals surface area contributed by atoms with E-state index in [9.17, 15) is 19.5 Å². The molecule has 0 aromatic heterocycles. The summed E-state index contributed by atoms with van der Waals surface area (Å²) in [5, 5.41) is 15.1. The van der Waals surface area contributed by atoms with E-state index in [1.165, 1.54) is 6.07 Å². The van der Waals surface area contributed by atoms with E-state index in [0.29, 0.717) is 24.1 Å². The molecule has 3 N–H and O–H groups in total. The number of rotatable bonds is 5. The van der Waals surface area contributed by atoms with Crippen molar-refractivity contribution in [3.63, 3.8) is 0 Å². The zero-order valence-electron chi connectivity index (χ0n) is 13.5. The Kier molecular flexibility index (Phi) is 5.08. The Morgan fingerprint density at radius 2 is 1.76 bits per heavy atom. The van der Waals surface area contributed by atoms with Gasteiger partial charge in [0.05, 0.1) is 22.4 Å². The summed E-state index contributed by atoms with van der Waals surface area (Å²) in [6.45, 7) is 0. The molecule has 0 bridgehead atoms. The molecule has 3 rings (SSSR count). The Bertz CT molecular complexity index is 743. The average Bonchev–Trinajstić information content (AvgIpc) is 3.38. The van der Waals surface area contributed by atoms with E-state index < -0.39 is 17.8 Å². The van der Waals surface area contributed by atoms with Gasteiger partial charge in [-0.05, 0) is 43.9 Å². The molecule has 0 saturated heterocycles. The van der Waals surface area contributed by atoms with Gasteiger partial charge in [-0.1, -0.05) is 23.8 Å². The molecule has 1 fully saturated rings. The highest BCUT2D eigenvalue weighted by Gasteiger charge is 2.34. The van der Waals surface area contributed by atoms with Crippen molar-refractivity contribution in [3.8, 4) is 0 Å². The first-order valence-electron chi connectivity index (χ1n) is 8.25. The fourth-order valence-corrected chi connectivity index (χ4v) is 3.15. The maximum absolute atomic E-state index is 12.4. The maximum atomic E-state index is 12.4. The number of anilines is 1. The maximum Gasteiger partial charge on any atom is 0.307 e. The van der Waals surface area contributed by atoms with Crippen molar-refractivity contribution in [1.29, 1.82) is 0 Å². The van der Waals surface area contributed by atoms with Gasteiger partial charge in [0.25, 0.3) is 5.91 Å². The number of carboxylic acid groups (broad SMARTS) is 1. The highest BCUT2D eigenvalue weighted by molar-refractivity contribution is 6.34. The second-order valence-electron chi connectivity index (χ2n) is 6.43. The lowest BCUT2D eigenvalue weighted by Crippen LogP contribution is -2.34. The molecule has 2 unspecified atom stereocenters. The largest absolute Gasteiger partial charge is 0.481 e. The summed E-state index contributed by atoms with van der Waals surface area (Å²) in [7, 11) is 0. The number of halogens is 1. The van der Waals surface area contributed by atoms with Crippen LogP contribution in [0.1, 0.15) is 36.0 Å². The minimum absolute atomic E-state index is 0.228. The van der Waals surface area contributed by atoms with Crippen LogP contribution in [-0.2, 0) is 9.59 Å². The van der Waals surface area contributed by atoms with Crippen LogP contribution in [0.25, 0.3) is 0 Å². The molecule has 0 heterocycles. The molecule has 0 radical (unpaired) electrons. The minimum Gasteiger partial charge on any atom is -0.481 e. The van der Waals surface area contributed by atoms with E-state index in [-0.39, 0.29) is 22.9 Å². The van der Waals surface area contributed by atoms with Crippen LogP contribution >= 0.6 is 11.6 Å². The smallest absolute Gasteiger partial charge is 0.307 e. The zero-order chi connectivity index (χ0) is 18.0. The molecule has 2 atom stereocenters. The van der Waals surface area contributed by atoms with E-state index in [0.717, 1.165) is 12.8 Å². The summed E-state index contributed by atoms with van der Waals surface area (Å²) < 4.78 is 0. The standard InChI is InChI=1S/C18H19ClN2O4/c19-15-9-11(7-8-14(15)17(23)20-10-5-6-10)21-16(22)12-3-1-2-4-13(12)18(24)25/h1-2,7-10,12-13H,3-6H2,(H,20,23)(H,21,22)(H,24,25). The Morgan fingerprint density at radius 1 is 1.08 bits per heavy atom. The topological polar surface area (TPSA) is 95.5 Å². The Balaban J connectivity index is 1.68. The normalized spacial score (nSPS) is 22.3. The fourth-order valence-electron chi connectivity index (χ4n) is 2.88. The van der Waals surface area contributed by atoms with E-state index in [1.54, 1.807) is 18.2 Å². The molecule has 1 aromatic rings. The minimum atomic E-state index is -0.977. The van der Waals surface area contributed by atoms with Gasteiger partial charge in [-0.25, -0.2) is 0 Å². The van der Waals surface area contributed by atoms with Crippen molar-refractivity contribution >= 4 is 35.1 Å². The van der Waals surface area contributed by atoms with Gasteiger partial charge in [-0.3, -0.25) is 14.4 Å². The zero-order valence-corrected chi connectivity index (χ0v) is 14.3. The van der Waals surface area contributed by atoms with E-state index in [1.807, 2.05) is 6.08 Å². The molecule has 0 spiro atoms. The molecule has 6 nitrogen and oxygen atoms in total. The van der Waals surface area contributed by atoms with Gasteiger partial charge in [0.1, 0.15) is 0 Å². The lowest BCUT2D eigenvalue weighted by molar-refractivity contribution is -0.146. The summed E-state index contributed by atoms with van der Waals surface area (Å²) in [5.74, 6) is -2.92. The number of carbonyl (C=O) groups is 3. The van der Waals surface area contributed by atoms with Gasteiger partial charge in [0.15, 0.2) is 0 Å². The fraction of sp³-hybridized carbons (Fsp3) is 0.389. The molecule has 132 valence electrons. The van der Waals surface area contributed by atoms with E-state index >= 15 is 0 Å². The number of carbonyl (C=O) groups excluding carboxylic acids is 2. The number of nitrogens with one attached hydrogen (secondary N) is 2. The number of carboxylic acids is 1. The highest BCUT2D eigenvalue weighted by atomic mass is 35.5. The second kappa shape index (κ2) is 7.27. The third kappa shape index (κ3) is 4.20. The molecule has 7 heteroatoms. The monoisotopic (exact) mass is 362 g/mol. The van der Waals surface area contributed by atoms with Gasteiger partial charge >= 0.3 is 5.97 Å². The molecular formula is C18H19ClN2O4. The molecule has 1 aromatic carbocycles.